The molecule has 23 heavy (non-hydrogen) atoms. The first-order valence-corrected chi connectivity index (χ1v) is 8.91. The summed E-state index contributed by atoms with van der Waals surface area (Å²) in [4.78, 5) is 9.80. The largest absolute Gasteiger partial charge is 0.324 e. The summed E-state index contributed by atoms with van der Waals surface area (Å²) < 4.78 is 3.40. The molecule has 2 heterocycles. The van der Waals surface area contributed by atoms with Gasteiger partial charge in [0.1, 0.15) is 5.52 Å². The number of aryl methyl sites for hydroxylation is 1. The minimum absolute atomic E-state index is 0.951. The Bertz CT molecular complexity index is 1000. The van der Waals surface area contributed by atoms with Crippen LogP contribution in [0, 0.1) is 0 Å². The topological polar surface area (TPSA) is 30.7 Å². The molecule has 0 atom stereocenters. The second kappa shape index (κ2) is 5.93. The number of nitrogens with zero attached hydrogens (tertiary/aromatic N) is 3. The lowest BCUT2D eigenvalue weighted by molar-refractivity contribution is 0.625. The second-order valence-corrected chi connectivity index (χ2v) is 6.82. The van der Waals surface area contributed by atoms with E-state index in [1.165, 1.54) is 30.2 Å². The number of hydrogen-bond acceptors (Lipinski definition) is 2. The first kappa shape index (κ1) is 14.6. The summed E-state index contributed by atoms with van der Waals surface area (Å²) in [5, 5.41) is 1.17. The van der Waals surface area contributed by atoms with Gasteiger partial charge in [0.2, 0.25) is 0 Å². The Morgan fingerprint density at radius 2 is 1.78 bits per heavy atom. The molecule has 116 valence electrons. The smallest absolute Gasteiger partial charge is 0.160 e. The molecular formula is C19H18BrN3. The molecule has 0 aliphatic heterocycles. The maximum Gasteiger partial charge on any atom is 0.160 e. The molecule has 2 aromatic heterocycles. The highest BCUT2D eigenvalue weighted by Gasteiger charge is 2.14. The summed E-state index contributed by atoms with van der Waals surface area (Å²) >= 11 is 3.58. The third kappa shape index (κ3) is 2.51. The van der Waals surface area contributed by atoms with Crippen molar-refractivity contribution in [1.29, 1.82) is 0 Å². The zero-order chi connectivity index (χ0) is 15.8. The molecule has 4 heteroatoms. The van der Waals surface area contributed by atoms with Gasteiger partial charge in [-0.15, -0.1) is 0 Å². The van der Waals surface area contributed by atoms with Gasteiger partial charge in [0, 0.05) is 16.4 Å². The van der Waals surface area contributed by atoms with E-state index < -0.39 is 0 Å². The summed E-state index contributed by atoms with van der Waals surface area (Å²) in [7, 11) is 0. The number of fused-ring (bicyclic) bond motifs is 4. The minimum Gasteiger partial charge on any atom is -0.324 e. The van der Waals surface area contributed by atoms with E-state index in [0.717, 1.165) is 33.2 Å². The Hall–Kier alpha value is -1.94. The molecule has 0 unspecified atom stereocenters. The fraction of sp³-hybridized carbons (Fsp3) is 0.263. The van der Waals surface area contributed by atoms with E-state index in [4.69, 9.17) is 9.97 Å². The van der Waals surface area contributed by atoms with E-state index in [-0.39, 0.29) is 0 Å². The maximum atomic E-state index is 4.91. The van der Waals surface area contributed by atoms with Crippen LogP contribution in [0.25, 0.3) is 33.1 Å². The fourth-order valence-electron chi connectivity index (χ4n) is 3.15. The predicted octanol–water partition coefficient (Wildman–Crippen LogP) is 5.69. The van der Waals surface area contributed by atoms with Crippen molar-refractivity contribution in [3.8, 4) is 0 Å². The third-order valence-corrected chi connectivity index (χ3v) is 4.79. The number of unbranched alkanes of at least 4 members (excludes halogenated alkanes) is 2. The summed E-state index contributed by atoms with van der Waals surface area (Å²) in [6.45, 7) is 3.22. The lowest BCUT2D eigenvalue weighted by atomic mass is 10.2. The number of halogens is 1. The average molecular weight is 368 g/mol. The van der Waals surface area contributed by atoms with Crippen LogP contribution in [0.5, 0.6) is 0 Å². The lowest BCUT2D eigenvalue weighted by Crippen LogP contribution is -1.99. The van der Waals surface area contributed by atoms with E-state index in [2.05, 4.69) is 45.6 Å². The fourth-order valence-corrected chi connectivity index (χ4v) is 3.51. The van der Waals surface area contributed by atoms with Crippen LogP contribution in [-0.2, 0) is 6.54 Å². The summed E-state index contributed by atoms with van der Waals surface area (Å²) in [6, 6.07) is 14.5. The summed E-state index contributed by atoms with van der Waals surface area (Å²) in [6.07, 6.45) is 3.62. The predicted molar refractivity (Wildman–Crippen MR) is 99.8 cm³/mol. The highest BCUT2D eigenvalue weighted by molar-refractivity contribution is 9.10. The van der Waals surface area contributed by atoms with Crippen molar-refractivity contribution in [2.24, 2.45) is 0 Å². The highest BCUT2D eigenvalue weighted by atomic mass is 79.9. The van der Waals surface area contributed by atoms with E-state index in [1.54, 1.807) is 0 Å². The van der Waals surface area contributed by atoms with Gasteiger partial charge in [-0.1, -0.05) is 47.8 Å². The van der Waals surface area contributed by atoms with Crippen LogP contribution < -0.4 is 0 Å². The number of aromatic nitrogens is 3. The molecule has 0 N–H and O–H groups in total. The highest BCUT2D eigenvalue weighted by Crippen LogP contribution is 2.30. The Labute approximate surface area is 143 Å². The number of para-hydroxylation sites is 2. The summed E-state index contributed by atoms with van der Waals surface area (Å²) in [5.41, 5.74) is 5.12. The first-order chi connectivity index (χ1) is 11.3. The van der Waals surface area contributed by atoms with Gasteiger partial charge in [-0.05, 0) is 36.8 Å². The van der Waals surface area contributed by atoms with Gasteiger partial charge in [0.15, 0.2) is 5.65 Å². The normalized spacial score (nSPS) is 11.7. The van der Waals surface area contributed by atoms with E-state index >= 15 is 0 Å². The van der Waals surface area contributed by atoms with Crippen LogP contribution in [0.2, 0.25) is 0 Å². The Kier molecular flexibility index (Phi) is 3.77. The zero-order valence-electron chi connectivity index (χ0n) is 13.1. The molecular weight excluding hydrogens is 350 g/mol. The van der Waals surface area contributed by atoms with Crippen molar-refractivity contribution in [1.82, 2.24) is 14.5 Å². The van der Waals surface area contributed by atoms with Crippen molar-refractivity contribution >= 4 is 49.0 Å². The number of rotatable bonds is 4. The molecule has 0 aliphatic carbocycles. The van der Waals surface area contributed by atoms with E-state index in [0.29, 0.717) is 0 Å². The molecule has 0 bridgehead atoms. The van der Waals surface area contributed by atoms with Crippen molar-refractivity contribution in [2.75, 3.05) is 0 Å². The lowest BCUT2D eigenvalue weighted by Gasteiger charge is -2.06. The second-order valence-electron chi connectivity index (χ2n) is 5.90. The van der Waals surface area contributed by atoms with Crippen molar-refractivity contribution < 1.29 is 0 Å². The molecule has 4 aromatic rings. The number of hydrogen-bond donors (Lipinski definition) is 0. The molecule has 2 aromatic carbocycles. The van der Waals surface area contributed by atoms with Crippen LogP contribution in [0.1, 0.15) is 26.2 Å². The van der Waals surface area contributed by atoms with Gasteiger partial charge in [-0.3, -0.25) is 0 Å². The summed E-state index contributed by atoms with van der Waals surface area (Å²) in [5.74, 6) is 0. The SMILES string of the molecule is CCCCCn1c2ccc(Br)cc2c2nc3ccccc3nc21. The Balaban J connectivity index is 2.04. The quantitative estimate of drug-likeness (QED) is 0.433. The van der Waals surface area contributed by atoms with Gasteiger partial charge < -0.3 is 4.57 Å². The maximum absolute atomic E-state index is 4.91. The first-order valence-electron chi connectivity index (χ1n) is 8.12. The average Bonchev–Trinajstić information content (AvgIpc) is 2.86. The Morgan fingerprint density at radius 1 is 1.00 bits per heavy atom. The van der Waals surface area contributed by atoms with Gasteiger partial charge in [-0.2, -0.15) is 0 Å². The molecule has 0 radical (unpaired) electrons. The molecule has 3 nitrogen and oxygen atoms in total. The Morgan fingerprint density at radius 3 is 2.57 bits per heavy atom. The monoisotopic (exact) mass is 367 g/mol. The van der Waals surface area contributed by atoms with Crippen molar-refractivity contribution in [3.05, 3.63) is 46.9 Å². The van der Waals surface area contributed by atoms with Crippen LogP contribution >= 0.6 is 15.9 Å². The molecule has 0 spiro atoms. The molecule has 0 amide bonds. The van der Waals surface area contributed by atoms with Crippen LogP contribution in [0.4, 0.5) is 0 Å². The van der Waals surface area contributed by atoms with Gasteiger partial charge in [-0.25, -0.2) is 9.97 Å². The number of benzene rings is 2. The third-order valence-electron chi connectivity index (χ3n) is 4.30. The zero-order valence-corrected chi connectivity index (χ0v) is 14.7. The molecule has 0 saturated carbocycles. The van der Waals surface area contributed by atoms with Crippen LogP contribution in [0.15, 0.2) is 46.9 Å². The van der Waals surface area contributed by atoms with E-state index in [9.17, 15) is 0 Å². The van der Waals surface area contributed by atoms with Gasteiger partial charge in [0.25, 0.3) is 0 Å². The van der Waals surface area contributed by atoms with Crippen molar-refractivity contribution in [2.45, 2.75) is 32.7 Å². The standard InChI is InChI=1S/C19H18BrN3/c1-2-3-6-11-23-17-10-9-13(20)12-14(17)18-19(23)22-16-8-5-4-7-15(16)21-18/h4-5,7-10,12H,2-3,6,11H2,1H3. The van der Waals surface area contributed by atoms with Crippen LogP contribution in [0.3, 0.4) is 0 Å². The molecule has 0 saturated heterocycles. The van der Waals surface area contributed by atoms with Crippen LogP contribution in [-0.4, -0.2) is 14.5 Å². The minimum atomic E-state index is 0.951. The van der Waals surface area contributed by atoms with Gasteiger partial charge >= 0.3 is 0 Å². The van der Waals surface area contributed by atoms with Crippen molar-refractivity contribution in [3.63, 3.8) is 0 Å². The molecule has 0 aliphatic rings. The molecule has 0 fully saturated rings. The molecule has 4 rings (SSSR count). The van der Waals surface area contributed by atoms with E-state index in [1.807, 2.05) is 24.3 Å². The van der Waals surface area contributed by atoms with Gasteiger partial charge in [0.05, 0.1) is 16.6 Å².